The van der Waals surface area contributed by atoms with Crippen molar-refractivity contribution in [1.82, 2.24) is 10.2 Å². The van der Waals surface area contributed by atoms with Crippen LogP contribution in [0.4, 0.5) is 4.39 Å². The molecular weight excluding hydrogens is 419 g/mol. The fourth-order valence-corrected chi connectivity index (χ4v) is 5.57. The van der Waals surface area contributed by atoms with Gasteiger partial charge in [-0.05, 0) is 62.1 Å². The molecule has 0 spiro atoms. The number of nitrogens with zero attached hydrogens (tertiary/aromatic N) is 1. The van der Waals surface area contributed by atoms with E-state index in [0.717, 1.165) is 43.9 Å². The summed E-state index contributed by atoms with van der Waals surface area (Å²) in [5.74, 6) is 0.746. The van der Waals surface area contributed by atoms with Crippen molar-refractivity contribution < 1.29 is 18.7 Å². The van der Waals surface area contributed by atoms with Crippen LogP contribution in [0.1, 0.15) is 35.2 Å². The average Bonchev–Trinajstić information content (AvgIpc) is 3.11. The monoisotopic (exact) mass is 446 g/mol. The van der Waals surface area contributed by atoms with Crippen molar-refractivity contribution in [3.8, 4) is 11.5 Å². The topological polar surface area (TPSA) is 50.8 Å². The fourth-order valence-electron chi connectivity index (χ4n) is 5.39. The number of carbonyl (C=O) groups excluding carboxylic acids is 1. The minimum absolute atomic E-state index is 0.00314. The standard InChI is InChI=1S/C24H28ClFN2O3/c1-28-13-16-11-17(27-23(29)18-5-4-6-19(25)22(18)26)9-10-24(16,14-28)15-7-8-20(30-2)21(12-15)31-3/h4-8,12,16-17H,9-11,13-14H2,1-3H3,(H,27,29). The second-order valence-corrected chi connectivity index (χ2v) is 9.07. The number of fused-ring (bicyclic) bond motifs is 1. The second-order valence-electron chi connectivity index (χ2n) is 8.67. The van der Waals surface area contributed by atoms with Crippen LogP contribution in [0.3, 0.4) is 0 Å². The summed E-state index contributed by atoms with van der Waals surface area (Å²) in [6, 6.07) is 10.7. The molecule has 0 radical (unpaired) electrons. The van der Waals surface area contributed by atoms with E-state index < -0.39 is 11.7 Å². The zero-order chi connectivity index (χ0) is 22.2. The van der Waals surface area contributed by atoms with Crippen LogP contribution in [0.2, 0.25) is 5.02 Å². The van der Waals surface area contributed by atoms with Gasteiger partial charge in [0.25, 0.3) is 5.91 Å². The summed E-state index contributed by atoms with van der Waals surface area (Å²) in [4.78, 5) is 15.0. The van der Waals surface area contributed by atoms with Gasteiger partial charge in [0, 0.05) is 24.5 Å². The number of benzene rings is 2. The molecule has 0 bridgehead atoms. The molecule has 1 aliphatic carbocycles. The molecular formula is C24H28ClFN2O3. The summed E-state index contributed by atoms with van der Waals surface area (Å²) in [5, 5.41) is 3.00. The second kappa shape index (κ2) is 8.67. The van der Waals surface area contributed by atoms with Gasteiger partial charge < -0.3 is 19.7 Å². The number of carbonyl (C=O) groups is 1. The van der Waals surface area contributed by atoms with E-state index in [-0.39, 0.29) is 22.0 Å². The number of hydrogen-bond acceptors (Lipinski definition) is 4. The Balaban J connectivity index is 1.55. The predicted octanol–water partition coefficient (Wildman–Crippen LogP) is 4.28. The molecule has 1 heterocycles. The summed E-state index contributed by atoms with van der Waals surface area (Å²) in [5.41, 5.74) is 1.23. The van der Waals surface area contributed by atoms with Gasteiger partial charge in [0.1, 0.15) is 0 Å². The molecule has 31 heavy (non-hydrogen) atoms. The smallest absolute Gasteiger partial charge is 0.254 e. The van der Waals surface area contributed by atoms with Gasteiger partial charge in [-0.2, -0.15) is 0 Å². The fraction of sp³-hybridized carbons (Fsp3) is 0.458. The zero-order valence-corrected chi connectivity index (χ0v) is 18.8. The lowest BCUT2D eigenvalue weighted by atomic mass is 9.63. The molecule has 1 amide bonds. The highest BCUT2D eigenvalue weighted by atomic mass is 35.5. The van der Waals surface area contributed by atoms with E-state index in [0.29, 0.717) is 5.92 Å². The Morgan fingerprint density at radius 1 is 1.23 bits per heavy atom. The molecule has 2 aromatic rings. The molecule has 1 N–H and O–H groups in total. The third-order valence-corrected chi connectivity index (χ3v) is 7.16. The molecule has 1 aliphatic heterocycles. The van der Waals surface area contributed by atoms with Gasteiger partial charge in [-0.3, -0.25) is 4.79 Å². The summed E-state index contributed by atoms with van der Waals surface area (Å²) in [6.45, 7) is 1.91. The van der Waals surface area contributed by atoms with Crippen LogP contribution in [-0.2, 0) is 5.41 Å². The van der Waals surface area contributed by atoms with Crippen LogP contribution < -0.4 is 14.8 Å². The molecule has 3 unspecified atom stereocenters. The van der Waals surface area contributed by atoms with Crippen LogP contribution >= 0.6 is 11.6 Å². The molecule has 5 nitrogen and oxygen atoms in total. The lowest BCUT2D eigenvalue weighted by Crippen LogP contribution is -2.47. The Morgan fingerprint density at radius 3 is 2.74 bits per heavy atom. The van der Waals surface area contributed by atoms with E-state index >= 15 is 0 Å². The minimum atomic E-state index is -0.669. The van der Waals surface area contributed by atoms with Gasteiger partial charge in [0.2, 0.25) is 0 Å². The van der Waals surface area contributed by atoms with Crippen molar-refractivity contribution in [2.24, 2.45) is 5.92 Å². The molecule has 2 aliphatic rings. The van der Waals surface area contributed by atoms with E-state index in [1.165, 1.54) is 17.7 Å². The predicted molar refractivity (Wildman–Crippen MR) is 119 cm³/mol. The number of nitrogens with one attached hydrogen (secondary N) is 1. The van der Waals surface area contributed by atoms with Crippen molar-refractivity contribution in [3.05, 3.63) is 58.4 Å². The minimum Gasteiger partial charge on any atom is -0.493 e. The summed E-state index contributed by atoms with van der Waals surface area (Å²) in [6.07, 6.45) is 2.60. The highest BCUT2D eigenvalue weighted by Gasteiger charge is 2.50. The molecule has 0 aromatic heterocycles. The number of likely N-dealkylation sites (tertiary alicyclic amines) is 1. The summed E-state index contributed by atoms with van der Waals surface area (Å²) < 4.78 is 25.2. The van der Waals surface area contributed by atoms with E-state index in [1.54, 1.807) is 20.3 Å². The van der Waals surface area contributed by atoms with Crippen LogP contribution in [0.25, 0.3) is 0 Å². The zero-order valence-electron chi connectivity index (χ0n) is 18.1. The number of hydrogen-bond donors (Lipinski definition) is 1. The summed E-state index contributed by atoms with van der Waals surface area (Å²) in [7, 11) is 5.42. The van der Waals surface area contributed by atoms with E-state index in [9.17, 15) is 9.18 Å². The largest absolute Gasteiger partial charge is 0.493 e. The SMILES string of the molecule is COc1ccc(C23CCC(NC(=O)c4cccc(Cl)c4F)CC2CN(C)C3)cc1OC. The third-order valence-electron chi connectivity index (χ3n) is 6.86. The number of amides is 1. The van der Waals surface area contributed by atoms with Crippen molar-refractivity contribution in [1.29, 1.82) is 0 Å². The highest BCUT2D eigenvalue weighted by Crippen LogP contribution is 2.49. The quantitative estimate of drug-likeness (QED) is 0.744. The van der Waals surface area contributed by atoms with E-state index in [1.807, 2.05) is 6.07 Å². The van der Waals surface area contributed by atoms with Crippen molar-refractivity contribution in [3.63, 3.8) is 0 Å². The average molecular weight is 447 g/mol. The van der Waals surface area contributed by atoms with Gasteiger partial charge in [0.15, 0.2) is 17.3 Å². The van der Waals surface area contributed by atoms with E-state index in [4.69, 9.17) is 21.1 Å². The number of ether oxygens (including phenoxy) is 2. The Morgan fingerprint density at radius 2 is 2.00 bits per heavy atom. The van der Waals surface area contributed by atoms with Crippen LogP contribution in [-0.4, -0.2) is 51.2 Å². The number of methoxy groups -OCH3 is 2. The maximum Gasteiger partial charge on any atom is 0.254 e. The van der Waals surface area contributed by atoms with Gasteiger partial charge in [-0.15, -0.1) is 0 Å². The first-order valence-electron chi connectivity index (χ1n) is 10.5. The maximum absolute atomic E-state index is 14.3. The Kier molecular flexibility index (Phi) is 6.13. The number of likely N-dealkylation sites (N-methyl/N-ethyl adjacent to an activating group) is 1. The van der Waals surface area contributed by atoms with Crippen LogP contribution in [0.15, 0.2) is 36.4 Å². The Bertz CT molecular complexity index is 985. The van der Waals surface area contributed by atoms with Gasteiger partial charge in [-0.25, -0.2) is 4.39 Å². The first kappa shape index (κ1) is 21.9. The van der Waals surface area contributed by atoms with E-state index in [2.05, 4.69) is 29.4 Å². The Hall–Kier alpha value is -2.31. The van der Waals surface area contributed by atoms with Crippen molar-refractivity contribution >= 4 is 17.5 Å². The molecule has 1 saturated carbocycles. The molecule has 3 atom stereocenters. The van der Waals surface area contributed by atoms with Gasteiger partial charge in [0.05, 0.1) is 24.8 Å². The summed E-state index contributed by atoms with van der Waals surface area (Å²) >= 11 is 5.84. The highest BCUT2D eigenvalue weighted by molar-refractivity contribution is 6.31. The number of halogens is 2. The molecule has 2 fully saturated rings. The maximum atomic E-state index is 14.3. The van der Waals surface area contributed by atoms with Gasteiger partial charge >= 0.3 is 0 Å². The molecule has 4 rings (SSSR count). The lowest BCUT2D eigenvalue weighted by molar-refractivity contribution is 0.0900. The third kappa shape index (κ3) is 3.99. The van der Waals surface area contributed by atoms with Gasteiger partial charge in [-0.1, -0.05) is 23.7 Å². The van der Waals surface area contributed by atoms with Crippen LogP contribution in [0.5, 0.6) is 11.5 Å². The normalized spacial score (nSPS) is 25.7. The molecule has 2 aromatic carbocycles. The van der Waals surface area contributed by atoms with Crippen molar-refractivity contribution in [2.75, 3.05) is 34.4 Å². The van der Waals surface area contributed by atoms with Crippen LogP contribution in [0, 0.1) is 11.7 Å². The lowest BCUT2D eigenvalue weighted by Gasteiger charge is -2.43. The van der Waals surface area contributed by atoms with Crippen molar-refractivity contribution in [2.45, 2.75) is 30.7 Å². The number of rotatable bonds is 5. The molecule has 166 valence electrons. The first-order valence-corrected chi connectivity index (χ1v) is 10.9. The molecule has 7 heteroatoms. The Labute approximate surface area is 187 Å². The first-order chi connectivity index (χ1) is 14.9. The molecule has 1 saturated heterocycles.